The van der Waals surface area contributed by atoms with Crippen LogP contribution in [-0.2, 0) is 13.6 Å². The fourth-order valence-corrected chi connectivity index (χ4v) is 3.88. The highest BCUT2D eigenvalue weighted by Gasteiger charge is 2.15. The summed E-state index contributed by atoms with van der Waals surface area (Å²) in [5.74, 6) is 0.835. The first-order valence-electron chi connectivity index (χ1n) is 11.3. The zero-order valence-corrected chi connectivity index (χ0v) is 19.8. The zero-order chi connectivity index (χ0) is 25.1. The Morgan fingerprint density at radius 1 is 0.972 bits per heavy atom. The number of benzene rings is 1. The fraction of sp³-hybridized carbons (Fsp3) is 0.111. The molecule has 180 valence electrons. The fourth-order valence-electron chi connectivity index (χ4n) is 3.88. The lowest BCUT2D eigenvalue weighted by Gasteiger charge is -2.13. The molecular formula is C27H24N6O3. The lowest BCUT2D eigenvalue weighted by molar-refractivity contribution is 0.0949. The third-order valence-corrected chi connectivity index (χ3v) is 5.83. The molecule has 0 aliphatic rings. The molecule has 2 amide bonds. The van der Waals surface area contributed by atoms with E-state index in [0.717, 1.165) is 11.1 Å². The first-order chi connectivity index (χ1) is 17.5. The van der Waals surface area contributed by atoms with Gasteiger partial charge in [-0.15, -0.1) is 0 Å². The molecule has 36 heavy (non-hydrogen) atoms. The molecular weight excluding hydrogens is 456 g/mol. The second-order valence-electron chi connectivity index (χ2n) is 8.26. The lowest BCUT2D eigenvalue weighted by Crippen LogP contribution is -2.23. The summed E-state index contributed by atoms with van der Waals surface area (Å²) >= 11 is 0. The molecule has 5 aromatic rings. The van der Waals surface area contributed by atoms with Crippen LogP contribution in [0.15, 0.2) is 85.5 Å². The van der Waals surface area contributed by atoms with Crippen molar-refractivity contribution in [2.24, 2.45) is 7.05 Å². The van der Waals surface area contributed by atoms with E-state index < -0.39 is 0 Å². The van der Waals surface area contributed by atoms with Crippen molar-refractivity contribution in [2.45, 2.75) is 13.5 Å². The van der Waals surface area contributed by atoms with Crippen LogP contribution in [-0.4, -0.2) is 31.0 Å². The maximum absolute atomic E-state index is 12.9. The largest absolute Gasteiger partial charge is 0.457 e. The third kappa shape index (κ3) is 4.80. The van der Waals surface area contributed by atoms with Gasteiger partial charge >= 0.3 is 0 Å². The topological polar surface area (TPSA) is 103 Å². The Hall–Kier alpha value is -4.92. The molecule has 0 fully saturated rings. The molecule has 0 saturated heterocycles. The number of anilines is 1. The van der Waals surface area contributed by atoms with E-state index >= 15 is 0 Å². The van der Waals surface area contributed by atoms with E-state index in [1.807, 2.05) is 48.0 Å². The van der Waals surface area contributed by atoms with Gasteiger partial charge < -0.3 is 19.8 Å². The minimum absolute atomic E-state index is 0.188. The van der Waals surface area contributed by atoms with Crippen LogP contribution < -0.4 is 15.4 Å². The number of amides is 2. The Morgan fingerprint density at radius 3 is 2.69 bits per heavy atom. The van der Waals surface area contributed by atoms with E-state index in [-0.39, 0.29) is 11.8 Å². The average molecular weight is 481 g/mol. The van der Waals surface area contributed by atoms with Gasteiger partial charge in [0, 0.05) is 61.1 Å². The monoisotopic (exact) mass is 480 g/mol. The summed E-state index contributed by atoms with van der Waals surface area (Å²) in [4.78, 5) is 29.6. The van der Waals surface area contributed by atoms with E-state index in [1.54, 1.807) is 55.8 Å². The highest BCUT2D eigenvalue weighted by molar-refractivity contribution is 6.02. The van der Waals surface area contributed by atoms with Crippen LogP contribution in [0.3, 0.4) is 0 Å². The van der Waals surface area contributed by atoms with Crippen molar-refractivity contribution in [1.29, 1.82) is 0 Å². The van der Waals surface area contributed by atoms with Crippen molar-refractivity contribution in [1.82, 2.24) is 24.5 Å². The molecule has 0 radical (unpaired) electrons. The van der Waals surface area contributed by atoms with E-state index in [2.05, 4.69) is 20.7 Å². The van der Waals surface area contributed by atoms with E-state index in [4.69, 9.17) is 4.74 Å². The molecule has 4 heterocycles. The van der Waals surface area contributed by atoms with Crippen molar-refractivity contribution in [3.8, 4) is 11.5 Å². The third-order valence-electron chi connectivity index (χ3n) is 5.83. The second-order valence-corrected chi connectivity index (χ2v) is 8.26. The molecule has 0 saturated carbocycles. The number of pyridine rings is 2. The van der Waals surface area contributed by atoms with Crippen LogP contribution in [0.4, 0.5) is 5.82 Å². The zero-order valence-electron chi connectivity index (χ0n) is 19.8. The van der Waals surface area contributed by atoms with Crippen LogP contribution in [0.1, 0.15) is 32.0 Å². The van der Waals surface area contributed by atoms with Gasteiger partial charge in [-0.05, 0) is 61.0 Å². The van der Waals surface area contributed by atoms with E-state index in [9.17, 15) is 9.59 Å². The van der Waals surface area contributed by atoms with Crippen molar-refractivity contribution in [3.05, 3.63) is 108 Å². The predicted molar refractivity (Wildman–Crippen MR) is 135 cm³/mol. The maximum Gasteiger partial charge on any atom is 0.275 e. The number of carbonyl (C=O) groups excluding carboxylic acids is 2. The highest BCUT2D eigenvalue weighted by atomic mass is 16.5. The molecule has 0 atom stereocenters. The minimum Gasteiger partial charge on any atom is -0.457 e. The van der Waals surface area contributed by atoms with Crippen molar-refractivity contribution < 1.29 is 14.3 Å². The van der Waals surface area contributed by atoms with Crippen molar-refractivity contribution >= 4 is 23.1 Å². The van der Waals surface area contributed by atoms with Gasteiger partial charge in [0.1, 0.15) is 23.0 Å². The van der Waals surface area contributed by atoms with Gasteiger partial charge in [-0.2, -0.15) is 5.10 Å². The SMILES string of the molecule is Cc1c(Oc2ccnc(NC(=O)c3ccnn3C)c2)cccc1C(=O)NCc1ccn2cccc2c1. The number of aryl methyl sites for hydroxylation is 1. The number of rotatable bonds is 7. The lowest BCUT2D eigenvalue weighted by atomic mass is 10.1. The number of carbonyl (C=O) groups is 2. The molecule has 1 aromatic carbocycles. The molecule has 0 aliphatic carbocycles. The Morgan fingerprint density at radius 2 is 1.86 bits per heavy atom. The van der Waals surface area contributed by atoms with Crippen molar-refractivity contribution in [2.75, 3.05) is 5.32 Å². The normalized spacial score (nSPS) is 10.8. The first-order valence-corrected chi connectivity index (χ1v) is 11.3. The summed E-state index contributed by atoms with van der Waals surface area (Å²) in [6, 6.07) is 18.3. The summed E-state index contributed by atoms with van der Waals surface area (Å²) < 4.78 is 9.55. The van der Waals surface area contributed by atoms with Crippen LogP contribution in [0.2, 0.25) is 0 Å². The molecule has 0 spiro atoms. The van der Waals surface area contributed by atoms with Gasteiger partial charge in [0.25, 0.3) is 11.8 Å². The van der Waals surface area contributed by atoms with Gasteiger partial charge in [0.05, 0.1) is 0 Å². The molecule has 0 bridgehead atoms. The van der Waals surface area contributed by atoms with Gasteiger partial charge in [-0.1, -0.05) is 6.07 Å². The minimum atomic E-state index is -0.328. The van der Waals surface area contributed by atoms with Gasteiger partial charge in [0.15, 0.2) is 0 Å². The van der Waals surface area contributed by atoms with Crippen LogP contribution in [0.5, 0.6) is 11.5 Å². The smallest absolute Gasteiger partial charge is 0.275 e. The molecule has 0 unspecified atom stereocenters. The number of fused-ring (bicyclic) bond motifs is 1. The van der Waals surface area contributed by atoms with Gasteiger partial charge in [0.2, 0.25) is 0 Å². The summed E-state index contributed by atoms with van der Waals surface area (Å²) in [6.07, 6.45) is 7.04. The quantitative estimate of drug-likeness (QED) is 0.361. The summed E-state index contributed by atoms with van der Waals surface area (Å²) in [5.41, 5.74) is 3.72. The number of hydrogen-bond acceptors (Lipinski definition) is 5. The number of hydrogen-bond donors (Lipinski definition) is 2. The van der Waals surface area contributed by atoms with Crippen LogP contribution in [0, 0.1) is 6.92 Å². The summed E-state index contributed by atoms with van der Waals surface area (Å²) in [5, 5.41) is 9.73. The second kappa shape index (κ2) is 9.75. The number of ether oxygens (including phenoxy) is 1. The first kappa shape index (κ1) is 22.9. The maximum atomic E-state index is 12.9. The van der Waals surface area contributed by atoms with E-state index in [1.165, 1.54) is 4.68 Å². The highest BCUT2D eigenvalue weighted by Crippen LogP contribution is 2.28. The Kier molecular flexibility index (Phi) is 6.19. The molecule has 2 N–H and O–H groups in total. The number of nitrogens with zero attached hydrogens (tertiary/aromatic N) is 4. The average Bonchev–Trinajstić information content (AvgIpc) is 3.52. The predicted octanol–water partition coefficient (Wildman–Crippen LogP) is 4.35. The summed E-state index contributed by atoms with van der Waals surface area (Å²) in [7, 11) is 1.69. The van der Waals surface area contributed by atoms with Gasteiger partial charge in [-0.25, -0.2) is 4.98 Å². The molecule has 4 aromatic heterocycles. The standard InChI is InChI=1S/C27H24N6O3/c1-18-22(26(34)29-17-19-10-14-33-13-4-5-20(33)15-19)6-3-7-24(18)36-21-8-11-28-25(16-21)31-27(35)23-9-12-30-32(23)2/h3-16H,17H2,1-2H3,(H,29,34)(H,28,31,35). The Bertz CT molecular complexity index is 1570. The van der Waals surface area contributed by atoms with Crippen LogP contribution >= 0.6 is 0 Å². The Balaban J connectivity index is 1.27. The number of nitrogens with one attached hydrogen (secondary N) is 2. The number of aromatic nitrogens is 4. The summed E-state index contributed by atoms with van der Waals surface area (Å²) in [6.45, 7) is 2.25. The molecule has 9 heteroatoms. The van der Waals surface area contributed by atoms with Crippen molar-refractivity contribution in [3.63, 3.8) is 0 Å². The molecule has 5 rings (SSSR count). The molecule has 9 nitrogen and oxygen atoms in total. The Labute approximate surface area is 207 Å². The molecule has 0 aliphatic heterocycles. The van der Waals surface area contributed by atoms with E-state index in [0.29, 0.717) is 40.7 Å². The van der Waals surface area contributed by atoms with Gasteiger partial charge in [-0.3, -0.25) is 14.3 Å². The van der Waals surface area contributed by atoms with Crippen LogP contribution in [0.25, 0.3) is 5.52 Å².